The fourth-order valence-corrected chi connectivity index (χ4v) is 4.11. The zero-order valence-corrected chi connectivity index (χ0v) is 13.6. The lowest BCUT2D eigenvalue weighted by Gasteiger charge is -2.45. The molecule has 5 nitrogen and oxygen atoms in total. The van der Waals surface area contributed by atoms with Crippen LogP contribution in [0.25, 0.3) is 0 Å². The smallest absolute Gasteiger partial charge is 0.284 e. The SMILES string of the molecule is C[C@@H](NCC1(n2ccnc2C(N)=O)CCC1)C1CCCCC1. The lowest BCUT2D eigenvalue weighted by atomic mass is 9.75. The standard InChI is InChI=1S/C17H28N4O/c1-13(14-6-3-2-4-7-14)20-12-17(8-5-9-17)21-11-10-19-16(21)15(18)22/h10-11,13-14,20H,2-9,12H2,1H3,(H2,18,22)/t13-/m1/s1. The molecular formula is C17H28N4O. The average Bonchev–Trinajstić information content (AvgIpc) is 2.97. The van der Waals surface area contributed by atoms with Crippen molar-refractivity contribution in [2.24, 2.45) is 11.7 Å². The van der Waals surface area contributed by atoms with E-state index in [9.17, 15) is 4.79 Å². The van der Waals surface area contributed by atoms with Crippen LogP contribution in [0.1, 0.15) is 68.9 Å². The maximum absolute atomic E-state index is 11.6. The van der Waals surface area contributed by atoms with E-state index in [1.807, 2.05) is 10.8 Å². The van der Waals surface area contributed by atoms with Crippen molar-refractivity contribution in [2.45, 2.75) is 69.9 Å². The van der Waals surface area contributed by atoms with Gasteiger partial charge in [-0.2, -0.15) is 0 Å². The number of carbonyl (C=O) groups is 1. The van der Waals surface area contributed by atoms with Crippen LogP contribution in [-0.2, 0) is 5.54 Å². The van der Waals surface area contributed by atoms with E-state index in [-0.39, 0.29) is 5.54 Å². The summed E-state index contributed by atoms with van der Waals surface area (Å²) in [5.41, 5.74) is 5.45. The van der Waals surface area contributed by atoms with E-state index in [0.717, 1.165) is 25.3 Å². The summed E-state index contributed by atoms with van der Waals surface area (Å²) in [6.45, 7) is 3.21. The highest BCUT2D eigenvalue weighted by molar-refractivity contribution is 5.89. The number of rotatable bonds is 6. The third-order valence-electron chi connectivity index (χ3n) is 5.77. The first kappa shape index (κ1) is 15.5. The van der Waals surface area contributed by atoms with Crippen molar-refractivity contribution < 1.29 is 4.79 Å². The van der Waals surface area contributed by atoms with Gasteiger partial charge >= 0.3 is 0 Å². The van der Waals surface area contributed by atoms with Crippen LogP contribution < -0.4 is 11.1 Å². The Kier molecular flexibility index (Phi) is 4.52. The van der Waals surface area contributed by atoms with E-state index < -0.39 is 5.91 Å². The fourth-order valence-electron chi connectivity index (χ4n) is 4.11. The van der Waals surface area contributed by atoms with Gasteiger partial charge in [0.25, 0.3) is 5.91 Å². The Labute approximate surface area is 132 Å². The summed E-state index contributed by atoms with van der Waals surface area (Å²) in [7, 11) is 0. The number of amides is 1. The minimum Gasteiger partial charge on any atom is -0.363 e. The molecule has 3 rings (SSSR count). The number of hydrogen-bond acceptors (Lipinski definition) is 3. The van der Waals surface area contributed by atoms with E-state index in [2.05, 4.69) is 17.2 Å². The lowest BCUT2D eigenvalue weighted by molar-refractivity contribution is 0.0925. The van der Waals surface area contributed by atoms with Gasteiger partial charge in [0.1, 0.15) is 0 Å². The van der Waals surface area contributed by atoms with Crippen LogP contribution in [-0.4, -0.2) is 28.0 Å². The average molecular weight is 304 g/mol. The molecular weight excluding hydrogens is 276 g/mol. The molecule has 1 aromatic rings. The Hall–Kier alpha value is -1.36. The maximum atomic E-state index is 11.6. The number of aromatic nitrogens is 2. The van der Waals surface area contributed by atoms with Crippen molar-refractivity contribution in [2.75, 3.05) is 6.54 Å². The van der Waals surface area contributed by atoms with Gasteiger partial charge in [0, 0.05) is 25.0 Å². The number of nitrogens with one attached hydrogen (secondary N) is 1. The molecule has 1 amide bonds. The number of hydrogen-bond donors (Lipinski definition) is 2. The van der Waals surface area contributed by atoms with Crippen molar-refractivity contribution in [1.29, 1.82) is 0 Å². The molecule has 0 saturated heterocycles. The molecule has 0 bridgehead atoms. The number of imidazole rings is 1. The largest absolute Gasteiger partial charge is 0.363 e. The molecule has 2 saturated carbocycles. The molecule has 2 aliphatic rings. The summed E-state index contributed by atoms with van der Waals surface area (Å²) < 4.78 is 2.01. The molecule has 0 unspecified atom stereocenters. The minimum absolute atomic E-state index is 0.0101. The van der Waals surface area contributed by atoms with Gasteiger partial charge in [-0.1, -0.05) is 19.3 Å². The molecule has 1 aromatic heterocycles. The van der Waals surface area contributed by atoms with Crippen molar-refractivity contribution in [3.8, 4) is 0 Å². The third-order valence-corrected chi connectivity index (χ3v) is 5.77. The normalized spacial score (nSPS) is 23.0. The molecule has 0 spiro atoms. The van der Waals surface area contributed by atoms with Crippen molar-refractivity contribution in [3.05, 3.63) is 18.2 Å². The highest BCUT2D eigenvalue weighted by Gasteiger charge is 2.41. The van der Waals surface area contributed by atoms with Crippen LogP contribution in [0.2, 0.25) is 0 Å². The molecule has 5 heteroatoms. The van der Waals surface area contributed by atoms with E-state index in [1.54, 1.807) is 6.20 Å². The Bertz CT molecular complexity index is 514. The highest BCUT2D eigenvalue weighted by Crippen LogP contribution is 2.39. The Morgan fingerprint density at radius 1 is 1.41 bits per heavy atom. The first-order valence-electron chi connectivity index (χ1n) is 8.69. The molecule has 22 heavy (non-hydrogen) atoms. The molecule has 1 atom stereocenters. The van der Waals surface area contributed by atoms with Crippen LogP contribution in [0.3, 0.4) is 0 Å². The quantitative estimate of drug-likeness (QED) is 0.847. The maximum Gasteiger partial charge on any atom is 0.284 e. The van der Waals surface area contributed by atoms with E-state index in [4.69, 9.17) is 5.73 Å². The Morgan fingerprint density at radius 3 is 2.73 bits per heavy atom. The summed E-state index contributed by atoms with van der Waals surface area (Å²) in [5.74, 6) is 0.757. The molecule has 0 aromatic carbocycles. The zero-order valence-electron chi connectivity index (χ0n) is 13.6. The van der Waals surface area contributed by atoms with Gasteiger partial charge in [-0.15, -0.1) is 0 Å². The predicted octanol–water partition coefficient (Wildman–Crippen LogP) is 2.42. The first-order valence-corrected chi connectivity index (χ1v) is 8.69. The molecule has 122 valence electrons. The van der Waals surface area contributed by atoms with Crippen LogP contribution in [0.15, 0.2) is 12.4 Å². The molecule has 0 aliphatic heterocycles. The van der Waals surface area contributed by atoms with E-state index >= 15 is 0 Å². The molecule has 2 fully saturated rings. The van der Waals surface area contributed by atoms with Crippen LogP contribution in [0.4, 0.5) is 0 Å². The van der Waals surface area contributed by atoms with Gasteiger partial charge in [-0.05, 0) is 44.9 Å². The Morgan fingerprint density at radius 2 is 2.14 bits per heavy atom. The molecule has 3 N–H and O–H groups in total. The van der Waals surface area contributed by atoms with Crippen molar-refractivity contribution in [1.82, 2.24) is 14.9 Å². The van der Waals surface area contributed by atoms with Crippen molar-refractivity contribution in [3.63, 3.8) is 0 Å². The van der Waals surface area contributed by atoms with E-state index in [1.165, 1.54) is 38.5 Å². The number of nitrogens with zero attached hydrogens (tertiary/aromatic N) is 2. The summed E-state index contributed by atoms with van der Waals surface area (Å²) in [6.07, 6.45) is 13.8. The first-order chi connectivity index (χ1) is 10.6. The second-order valence-electron chi connectivity index (χ2n) is 7.13. The van der Waals surface area contributed by atoms with Gasteiger partial charge in [0.15, 0.2) is 5.82 Å². The van der Waals surface area contributed by atoms with Crippen LogP contribution >= 0.6 is 0 Å². The number of primary amides is 1. The Balaban J connectivity index is 1.66. The topological polar surface area (TPSA) is 72.9 Å². The molecule has 1 heterocycles. The summed E-state index contributed by atoms with van der Waals surface area (Å²) >= 11 is 0. The van der Waals surface area contributed by atoms with Gasteiger partial charge < -0.3 is 15.6 Å². The predicted molar refractivity (Wildman–Crippen MR) is 86.6 cm³/mol. The fraction of sp³-hybridized carbons (Fsp3) is 0.765. The second-order valence-corrected chi connectivity index (χ2v) is 7.13. The summed E-state index contributed by atoms with van der Waals surface area (Å²) in [4.78, 5) is 15.7. The second kappa shape index (κ2) is 6.41. The van der Waals surface area contributed by atoms with Gasteiger partial charge in [0.05, 0.1) is 5.54 Å². The van der Waals surface area contributed by atoms with Gasteiger partial charge in [-0.25, -0.2) is 4.98 Å². The molecule has 0 radical (unpaired) electrons. The minimum atomic E-state index is -0.434. The molecule has 2 aliphatic carbocycles. The number of nitrogens with two attached hydrogens (primary N) is 1. The van der Waals surface area contributed by atoms with Gasteiger partial charge in [0.2, 0.25) is 0 Å². The van der Waals surface area contributed by atoms with Crippen LogP contribution in [0, 0.1) is 5.92 Å². The van der Waals surface area contributed by atoms with Crippen LogP contribution in [0.5, 0.6) is 0 Å². The zero-order chi connectivity index (χ0) is 15.6. The van der Waals surface area contributed by atoms with Gasteiger partial charge in [-0.3, -0.25) is 4.79 Å². The van der Waals surface area contributed by atoms with Crippen molar-refractivity contribution >= 4 is 5.91 Å². The summed E-state index contributed by atoms with van der Waals surface area (Å²) in [6, 6.07) is 0.540. The van der Waals surface area contributed by atoms with E-state index in [0.29, 0.717) is 11.9 Å². The third kappa shape index (κ3) is 2.91. The lowest BCUT2D eigenvalue weighted by Crippen LogP contribution is -2.52. The highest BCUT2D eigenvalue weighted by atomic mass is 16.1. The number of carbonyl (C=O) groups excluding carboxylic acids is 1. The monoisotopic (exact) mass is 304 g/mol. The summed E-state index contributed by atoms with van der Waals surface area (Å²) in [5, 5.41) is 3.75.